The molecule has 0 aromatic heterocycles. The van der Waals surface area contributed by atoms with Gasteiger partial charge in [-0.2, -0.15) is 0 Å². The molecule has 0 spiro atoms. The second-order valence-electron chi connectivity index (χ2n) is 4.80. The molecular weight excluding hydrogens is 246 g/mol. The molecule has 1 aliphatic rings. The van der Waals surface area contributed by atoms with E-state index >= 15 is 0 Å². The SMILES string of the molecule is COc1ccccc1C(N)CS(=O)C1CCCC1. The first-order valence-corrected chi connectivity index (χ1v) is 7.86. The van der Waals surface area contributed by atoms with Crippen molar-refractivity contribution in [1.82, 2.24) is 0 Å². The summed E-state index contributed by atoms with van der Waals surface area (Å²) in [6.07, 6.45) is 4.59. The van der Waals surface area contributed by atoms with Crippen LogP contribution < -0.4 is 10.5 Å². The quantitative estimate of drug-likeness (QED) is 0.891. The molecular formula is C14H21NO2S. The smallest absolute Gasteiger partial charge is 0.123 e. The Morgan fingerprint density at radius 3 is 2.72 bits per heavy atom. The van der Waals surface area contributed by atoms with E-state index in [2.05, 4.69) is 0 Å². The monoisotopic (exact) mass is 267 g/mol. The molecule has 2 unspecified atom stereocenters. The van der Waals surface area contributed by atoms with Crippen molar-refractivity contribution in [2.24, 2.45) is 5.73 Å². The largest absolute Gasteiger partial charge is 0.496 e. The van der Waals surface area contributed by atoms with Gasteiger partial charge in [-0.25, -0.2) is 0 Å². The van der Waals surface area contributed by atoms with Crippen LogP contribution in [0.2, 0.25) is 0 Å². The Morgan fingerprint density at radius 1 is 1.39 bits per heavy atom. The van der Waals surface area contributed by atoms with Gasteiger partial charge in [0, 0.05) is 33.4 Å². The summed E-state index contributed by atoms with van der Waals surface area (Å²) in [5.41, 5.74) is 7.12. The van der Waals surface area contributed by atoms with Crippen LogP contribution >= 0.6 is 0 Å². The van der Waals surface area contributed by atoms with Gasteiger partial charge in [0.1, 0.15) is 5.75 Å². The fraction of sp³-hybridized carbons (Fsp3) is 0.571. The van der Waals surface area contributed by atoms with Crippen LogP contribution in [0, 0.1) is 0 Å². The fourth-order valence-corrected chi connectivity index (χ4v) is 4.19. The summed E-state index contributed by atoms with van der Waals surface area (Å²) >= 11 is 0. The van der Waals surface area contributed by atoms with Crippen LogP contribution in [0.4, 0.5) is 0 Å². The lowest BCUT2D eigenvalue weighted by Crippen LogP contribution is -2.24. The number of benzene rings is 1. The van der Waals surface area contributed by atoms with E-state index in [-0.39, 0.29) is 6.04 Å². The molecule has 0 saturated heterocycles. The first-order chi connectivity index (χ1) is 8.72. The normalized spacial score (nSPS) is 19.7. The number of rotatable bonds is 5. The van der Waals surface area contributed by atoms with Gasteiger partial charge in [0.2, 0.25) is 0 Å². The Labute approximate surface area is 111 Å². The van der Waals surface area contributed by atoms with E-state index in [1.165, 1.54) is 12.8 Å². The maximum absolute atomic E-state index is 12.2. The molecule has 2 rings (SSSR count). The van der Waals surface area contributed by atoms with E-state index in [0.717, 1.165) is 24.2 Å². The van der Waals surface area contributed by atoms with E-state index in [1.807, 2.05) is 24.3 Å². The zero-order chi connectivity index (χ0) is 13.0. The fourth-order valence-electron chi connectivity index (χ4n) is 2.53. The predicted octanol–water partition coefficient (Wildman–Crippen LogP) is 2.39. The molecule has 2 atom stereocenters. The molecule has 0 aliphatic heterocycles. The van der Waals surface area contributed by atoms with Crippen molar-refractivity contribution >= 4 is 10.8 Å². The van der Waals surface area contributed by atoms with Crippen LogP contribution in [-0.2, 0) is 10.8 Å². The number of hydrogen-bond donors (Lipinski definition) is 1. The second-order valence-corrected chi connectivity index (χ2v) is 6.56. The number of para-hydroxylation sites is 1. The molecule has 1 aromatic rings. The van der Waals surface area contributed by atoms with E-state index in [0.29, 0.717) is 11.0 Å². The Balaban J connectivity index is 2.02. The van der Waals surface area contributed by atoms with Crippen LogP contribution in [0.15, 0.2) is 24.3 Å². The maximum Gasteiger partial charge on any atom is 0.123 e. The minimum Gasteiger partial charge on any atom is -0.496 e. The van der Waals surface area contributed by atoms with Gasteiger partial charge in [0.15, 0.2) is 0 Å². The molecule has 1 saturated carbocycles. The minimum absolute atomic E-state index is 0.206. The highest BCUT2D eigenvalue weighted by atomic mass is 32.2. The summed E-state index contributed by atoms with van der Waals surface area (Å²) in [7, 11) is 0.822. The maximum atomic E-state index is 12.2. The summed E-state index contributed by atoms with van der Waals surface area (Å²) in [5, 5.41) is 0.353. The number of nitrogens with two attached hydrogens (primary N) is 1. The van der Waals surface area contributed by atoms with Gasteiger partial charge in [-0.1, -0.05) is 31.0 Å². The molecule has 2 N–H and O–H groups in total. The van der Waals surface area contributed by atoms with Gasteiger partial charge in [-0.05, 0) is 18.9 Å². The van der Waals surface area contributed by atoms with Gasteiger partial charge in [-0.15, -0.1) is 0 Å². The third-order valence-electron chi connectivity index (χ3n) is 3.56. The lowest BCUT2D eigenvalue weighted by Gasteiger charge is -2.17. The van der Waals surface area contributed by atoms with Crippen molar-refractivity contribution in [2.75, 3.05) is 12.9 Å². The molecule has 0 amide bonds. The third-order valence-corrected chi connectivity index (χ3v) is 5.46. The van der Waals surface area contributed by atoms with Crippen LogP contribution in [0.5, 0.6) is 5.75 Å². The zero-order valence-corrected chi connectivity index (χ0v) is 11.6. The second kappa shape index (κ2) is 6.34. The van der Waals surface area contributed by atoms with Crippen molar-refractivity contribution < 1.29 is 8.95 Å². The summed E-state index contributed by atoms with van der Waals surface area (Å²) in [6, 6.07) is 7.50. The van der Waals surface area contributed by atoms with Gasteiger partial charge in [-0.3, -0.25) is 4.21 Å². The zero-order valence-electron chi connectivity index (χ0n) is 10.8. The van der Waals surface area contributed by atoms with Crippen LogP contribution in [0.25, 0.3) is 0 Å². The molecule has 1 fully saturated rings. The molecule has 1 aromatic carbocycles. The lowest BCUT2D eigenvalue weighted by molar-refractivity contribution is 0.407. The molecule has 0 heterocycles. The molecule has 100 valence electrons. The van der Waals surface area contributed by atoms with Crippen LogP contribution in [-0.4, -0.2) is 22.3 Å². The molecule has 0 bridgehead atoms. The predicted molar refractivity (Wildman–Crippen MR) is 75.2 cm³/mol. The Hall–Kier alpha value is -0.870. The average Bonchev–Trinajstić information content (AvgIpc) is 2.92. The molecule has 4 heteroatoms. The molecule has 18 heavy (non-hydrogen) atoms. The third kappa shape index (κ3) is 3.12. The van der Waals surface area contributed by atoms with E-state index in [9.17, 15) is 4.21 Å². The Morgan fingerprint density at radius 2 is 2.06 bits per heavy atom. The summed E-state index contributed by atoms with van der Waals surface area (Å²) in [4.78, 5) is 0. The van der Waals surface area contributed by atoms with E-state index < -0.39 is 10.8 Å². The lowest BCUT2D eigenvalue weighted by atomic mass is 10.1. The van der Waals surface area contributed by atoms with Gasteiger partial charge in [0.25, 0.3) is 0 Å². The molecule has 1 aliphatic carbocycles. The van der Waals surface area contributed by atoms with Crippen molar-refractivity contribution in [3.8, 4) is 5.75 Å². The van der Waals surface area contributed by atoms with Crippen molar-refractivity contribution in [2.45, 2.75) is 37.0 Å². The van der Waals surface area contributed by atoms with Crippen LogP contribution in [0.1, 0.15) is 37.3 Å². The summed E-state index contributed by atoms with van der Waals surface area (Å²) in [5.74, 6) is 1.32. The first kappa shape index (κ1) is 13.6. The van der Waals surface area contributed by atoms with Gasteiger partial charge >= 0.3 is 0 Å². The van der Waals surface area contributed by atoms with E-state index in [4.69, 9.17) is 10.5 Å². The van der Waals surface area contributed by atoms with Crippen molar-refractivity contribution in [1.29, 1.82) is 0 Å². The number of methoxy groups -OCH3 is 1. The number of hydrogen-bond acceptors (Lipinski definition) is 3. The highest BCUT2D eigenvalue weighted by Crippen LogP contribution is 2.27. The summed E-state index contributed by atoms with van der Waals surface area (Å²) in [6.45, 7) is 0. The van der Waals surface area contributed by atoms with Crippen molar-refractivity contribution in [3.63, 3.8) is 0 Å². The highest BCUT2D eigenvalue weighted by molar-refractivity contribution is 7.85. The molecule has 3 nitrogen and oxygen atoms in total. The standard InChI is InChI=1S/C14H21NO2S/c1-17-14-9-5-4-8-12(14)13(15)10-18(16)11-6-2-3-7-11/h4-5,8-9,11,13H,2-3,6-7,10,15H2,1H3. The van der Waals surface area contributed by atoms with Crippen molar-refractivity contribution in [3.05, 3.63) is 29.8 Å². The van der Waals surface area contributed by atoms with Gasteiger partial charge in [0.05, 0.1) is 7.11 Å². The van der Waals surface area contributed by atoms with Crippen LogP contribution in [0.3, 0.4) is 0 Å². The Kier molecular flexibility index (Phi) is 4.78. The number of ether oxygens (including phenoxy) is 1. The highest BCUT2D eigenvalue weighted by Gasteiger charge is 2.24. The first-order valence-electron chi connectivity index (χ1n) is 6.48. The molecule has 0 radical (unpaired) electrons. The Bertz CT molecular complexity index is 416. The summed E-state index contributed by atoms with van der Waals surface area (Å²) < 4.78 is 17.5. The topological polar surface area (TPSA) is 52.3 Å². The minimum atomic E-state index is -0.817. The average molecular weight is 267 g/mol. The van der Waals surface area contributed by atoms with Gasteiger partial charge < -0.3 is 10.5 Å². The van der Waals surface area contributed by atoms with E-state index in [1.54, 1.807) is 7.11 Å².